The van der Waals surface area contributed by atoms with E-state index in [2.05, 4.69) is 5.92 Å². The molecule has 0 fully saturated rings. The molecule has 0 aliphatic rings. The number of benzene rings is 1. The number of carbonyl (C=O) groups is 1. The lowest BCUT2D eigenvalue weighted by Gasteiger charge is -2.22. The zero-order chi connectivity index (χ0) is 11.3. The van der Waals surface area contributed by atoms with Crippen molar-refractivity contribution in [2.75, 3.05) is 18.0 Å². The predicted molar refractivity (Wildman–Crippen MR) is 63.6 cm³/mol. The maximum Gasteiger partial charge on any atom is 0.152 e. The summed E-state index contributed by atoms with van der Waals surface area (Å²) in [6.45, 7) is 3.19. The van der Waals surface area contributed by atoms with Gasteiger partial charge in [-0.25, -0.2) is 0 Å². The van der Waals surface area contributed by atoms with E-state index in [4.69, 9.17) is 18.0 Å². The summed E-state index contributed by atoms with van der Waals surface area (Å²) in [5, 5.41) is 0.603. The summed E-state index contributed by atoms with van der Waals surface area (Å²) in [4.78, 5) is 12.8. The summed E-state index contributed by atoms with van der Waals surface area (Å²) >= 11 is 5.88. The minimum Gasteiger partial charge on any atom is -0.360 e. The number of carbonyl (C=O) groups excluding carboxylic acids is 1. The van der Waals surface area contributed by atoms with Crippen molar-refractivity contribution >= 4 is 23.6 Å². The second-order valence-electron chi connectivity index (χ2n) is 3.04. The van der Waals surface area contributed by atoms with Crippen molar-refractivity contribution in [1.82, 2.24) is 0 Å². The molecule has 0 heterocycles. The summed E-state index contributed by atoms with van der Waals surface area (Å²) in [6, 6.07) is 5.15. The minimum absolute atomic E-state index is 0.470. The predicted octanol–water partition coefficient (Wildman–Crippen LogP) is 2.61. The van der Waals surface area contributed by atoms with Gasteiger partial charge in [0.25, 0.3) is 0 Å². The van der Waals surface area contributed by atoms with Gasteiger partial charge < -0.3 is 4.90 Å². The van der Waals surface area contributed by atoms with Crippen LogP contribution in [-0.2, 0) is 0 Å². The molecule has 2 nitrogen and oxygen atoms in total. The molecule has 0 aliphatic carbocycles. The average molecular weight is 222 g/mol. The number of hydrogen-bond donors (Lipinski definition) is 0. The van der Waals surface area contributed by atoms with E-state index in [1.165, 1.54) is 0 Å². The smallest absolute Gasteiger partial charge is 0.152 e. The van der Waals surface area contributed by atoms with Crippen molar-refractivity contribution in [3.63, 3.8) is 0 Å². The molecule has 0 saturated carbocycles. The van der Waals surface area contributed by atoms with Crippen LogP contribution in [0.4, 0.5) is 5.69 Å². The molecule has 0 amide bonds. The third-order valence-electron chi connectivity index (χ3n) is 2.12. The van der Waals surface area contributed by atoms with Gasteiger partial charge in [0.05, 0.1) is 6.54 Å². The normalized spacial score (nSPS) is 9.40. The highest BCUT2D eigenvalue weighted by Crippen LogP contribution is 2.23. The van der Waals surface area contributed by atoms with Crippen LogP contribution in [0.15, 0.2) is 18.2 Å². The van der Waals surface area contributed by atoms with Gasteiger partial charge in [-0.15, -0.1) is 6.42 Å². The molecule has 15 heavy (non-hydrogen) atoms. The van der Waals surface area contributed by atoms with Crippen LogP contribution in [0.25, 0.3) is 0 Å². The molecule has 0 bridgehead atoms. The highest BCUT2D eigenvalue weighted by atomic mass is 35.5. The zero-order valence-corrected chi connectivity index (χ0v) is 9.29. The van der Waals surface area contributed by atoms with Gasteiger partial charge in [-0.1, -0.05) is 17.5 Å². The van der Waals surface area contributed by atoms with Gasteiger partial charge in [-0.2, -0.15) is 0 Å². The first-order valence-corrected chi connectivity index (χ1v) is 5.03. The number of anilines is 1. The van der Waals surface area contributed by atoms with Crippen molar-refractivity contribution in [1.29, 1.82) is 0 Å². The van der Waals surface area contributed by atoms with Crippen LogP contribution in [0.5, 0.6) is 0 Å². The van der Waals surface area contributed by atoms with E-state index in [1.54, 1.807) is 18.2 Å². The second-order valence-corrected chi connectivity index (χ2v) is 3.48. The van der Waals surface area contributed by atoms with E-state index >= 15 is 0 Å². The van der Waals surface area contributed by atoms with E-state index in [-0.39, 0.29) is 0 Å². The summed E-state index contributed by atoms with van der Waals surface area (Å²) in [7, 11) is 0. The number of aldehydes is 1. The van der Waals surface area contributed by atoms with Gasteiger partial charge in [-0.3, -0.25) is 4.79 Å². The van der Waals surface area contributed by atoms with Gasteiger partial charge in [0.2, 0.25) is 0 Å². The molecule has 0 aliphatic heterocycles. The number of rotatable bonds is 4. The van der Waals surface area contributed by atoms with Crippen LogP contribution in [0, 0.1) is 12.3 Å². The Hall–Kier alpha value is -1.46. The Morgan fingerprint density at radius 2 is 2.33 bits per heavy atom. The first-order valence-electron chi connectivity index (χ1n) is 4.66. The van der Waals surface area contributed by atoms with Crippen LogP contribution in [0.3, 0.4) is 0 Å². The van der Waals surface area contributed by atoms with E-state index in [0.717, 1.165) is 18.5 Å². The first kappa shape index (κ1) is 11.6. The lowest BCUT2D eigenvalue weighted by Crippen LogP contribution is -2.24. The lowest BCUT2D eigenvalue weighted by atomic mass is 10.1. The quantitative estimate of drug-likeness (QED) is 0.576. The molecule has 0 atom stereocenters. The SMILES string of the molecule is C#CCN(CC)c1cc(Cl)ccc1C=O. The fraction of sp³-hybridized carbons (Fsp3) is 0.250. The Kier molecular flexibility index (Phi) is 4.20. The van der Waals surface area contributed by atoms with Crippen LogP contribution in [-0.4, -0.2) is 19.4 Å². The van der Waals surface area contributed by atoms with Gasteiger partial charge >= 0.3 is 0 Å². The van der Waals surface area contributed by atoms with Gasteiger partial charge in [0.15, 0.2) is 6.29 Å². The third-order valence-corrected chi connectivity index (χ3v) is 2.36. The van der Waals surface area contributed by atoms with Gasteiger partial charge in [0.1, 0.15) is 0 Å². The van der Waals surface area contributed by atoms with E-state index in [0.29, 0.717) is 17.1 Å². The van der Waals surface area contributed by atoms with Crippen LogP contribution in [0.2, 0.25) is 5.02 Å². The molecule has 0 aromatic heterocycles. The molecule has 1 aromatic carbocycles. The summed E-state index contributed by atoms with van der Waals surface area (Å²) in [6.07, 6.45) is 6.07. The average Bonchev–Trinajstić information content (AvgIpc) is 2.26. The maximum atomic E-state index is 10.8. The molecule has 78 valence electrons. The summed E-state index contributed by atoms with van der Waals surface area (Å²) < 4.78 is 0. The number of terminal acetylenes is 1. The van der Waals surface area contributed by atoms with Crippen molar-refractivity contribution in [3.05, 3.63) is 28.8 Å². The first-order chi connectivity index (χ1) is 7.22. The topological polar surface area (TPSA) is 20.3 Å². The Morgan fingerprint density at radius 3 is 2.87 bits per heavy atom. The van der Waals surface area contributed by atoms with E-state index < -0.39 is 0 Å². The Labute approximate surface area is 94.8 Å². The molecule has 0 N–H and O–H groups in total. The number of halogens is 1. The monoisotopic (exact) mass is 221 g/mol. The molecule has 1 rings (SSSR count). The third kappa shape index (κ3) is 2.74. The standard InChI is InChI=1S/C12H12ClNO/c1-3-7-14(4-2)12-8-11(13)6-5-10(12)9-15/h1,5-6,8-9H,4,7H2,2H3. The molecule has 0 saturated heterocycles. The van der Waals surface area contributed by atoms with Gasteiger partial charge in [-0.05, 0) is 25.1 Å². The number of hydrogen-bond acceptors (Lipinski definition) is 2. The summed E-state index contributed by atoms with van der Waals surface area (Å²) in [5.74, 6) is 2.55. The molecular weight excluding hydrogens is 210 g/mol. The number of nitrogens with zero attached hydrogens (tertiary/aromatic N) is 1. The lowest BCUT2D eigenvalue weighted by molar-refractivity contribution is 0.112. The Bertz CT molecular complexity index is 395. The van der Waals surface area contributed by atoms with Gasteiger partial charge in [0, 0.05) is 22.8 Å². The maximum absolute atomic E-state index is 10.8. The Morgan fingerprint density at radius 1 is 1.60 bits per heavy atom. The fourth-order valence-electron chi connectivity index (χ4n) is 1.37. The highest BCUT2D eigenvalue weighted by molar-refractivity contribution is 6.31. The highest BCUT2D eigenvalue weighted by Gasteiger charge is 2.08. The van der Waals surface area contributed by atoms with E-state index in [1.807, 2.05) is 11.8 Å². The molecule has 0 unspecified atom stereocenters. The molecular formula is C12H12ClNO. The molecule has 0 radical (unpaired) electrons. The fourth-order valence-corrected chi connectivity index (χ4v) is 1.53. The van der Waals surface area contributed by atoms with Crippen molar-refractivity contribution in [2.24, 2.45) is 0 Å². The second kappa shape index (κ2) is 5.43. The largest absolute Gasteiger partial charge is 0.360 e. The van der Waals surface area contributed by atoms with Crippen LogP contribution >= 0.6 is 11.6 Å². The zero-order valence-electron chi connectivity index (χ0n) is 8.53. The van der Waals surface area contributed by atoms with E-state index in [9.17, 15) is 4.79 Å². The molecule has 3 heteroatoms. The molecule has 0 spiro atoms. The van der Waals surface area contributed by atoms with Crippen molar-refractivity contribution in [2.45, 2.75) is 6.92 Å². The summed E-state index contributed by atoms with van der Waals surface area (Å²) in [5.41, 5.74) is 1.40. The van der Waals surface area contributed by atoms with Crippen molar-refractivity contribution in [3.8, 4) is 12.3 Å². The van der Waals surface area contributed by atoms with Crippen LogP contribution in [0.1, 0.15) is 17.3 Å². The van der Waals surface area contributed by atoms with Crippen LogP contribution < -0.4 is 4.90 Å². The minimum atomic E-state index is 0.470. The Balaban J connectivity index is 3.14. The molecule has 1 aromatic rings. The van der Waals surface area contributed by atoms with Crippen molar-refractivity contribution < 1.29 is 4.79 Å².